The normalized spacial score (nSPS) is 13.2. The van der Waals surface area contributed by atoms with Crippen LogP contribution in [0.3, 0.4) is 0 Å². The average molecular weight is 115 g/mol. The molecule has 0 heterocycles. The highest BCUT2D eigenvalue weighted by Crippen LogP contribution is 1.98. The first kappa shape index (κ1) is 7.50. The Morgan fingerprint density at radius 3 is 2.50 bits per heavy atom. The van der Waals surface area contributed by atoms with Crippen LogP contribution in [0.15, 0.2) is 12.3 Å². The van der Waals surface area contributed by atoms with Crippen LogP contribution in [0.2, 0.25) is 0 Å². The van der Waals surface area contributed by atoms with Crippen LogP contribution in [0, 0.1) is 0 Å². The first-order valence-electron chi connectivity index (χ1n) is 2.75. The van der Waals surface area contributed by atoms with E-state index < -0.39 is 0 Å². The smallest absolute Gasteiger partial charge is 0.0851 e. The zero-order chi connectivity index (χ0) is 6.57. The molecule has 0 saturated carbocycles. The molecule has 0 aromatic carbocycles. The van der Waals surface area contributed by atoms with Gasteiger partial charge in [0.1, 0.15) is 0 Å². The van der Waals surface area contributed by atoms with E-state index in [2.05, 4.69) is 6.58 Å². The van der Waals surface area contributed by atoms with E-state index in [1.165, 1.54) is 0 Å². The van der Waals surface area contributed by atoms with Crippen LogP contribution in [0.5, 0.6) is 0 Å². The van der Waals surface area contributed by atoms with Crippen LogP contribution < -0.4 is 5.73 Å². The fourth-order valence-electron chi connectivity index (χ4n) is 0.394. The minimum Gasteiger partial charge on any atom is -0.513 e. The molecular formula is C6H13NO. The Balaban J connectivity index is 3.05. The molecule has 0 aromatic rings. The topological polar surface area (TPSA) is 46.2 Å². The van der Waals surface area contributed by atoms with Crippen molar-refractivity contribution in [2.45, 2.75) is 25.8 Å². The molecule has 0 aliphatic carbocycles. The molecule has 0 aromatic heterocycles. The zero-order valence-electron chi connectivity index (χ0n) is 5.22. The van der Waals surface area contributed by atoms with E-state index in [-0.39, 0.29) is 11.8 Å². The monoisotopic (exact) mass is 115 g/mol. The second-order valence-electron chi connectivity index (χ2n) is 2.08. The molecule has 0 rings (SSSR count). The predicted octanol–water partition coefficient (Wildman–Crippen LogP) is 1.19. The van der Waals surface area contributed by atoms with Crippen LogP contribution >= 0.6 is 0 Å². The van der Waals surface area contributed by atoms with Gasteiger partial charge in [0.2, 0.25) is 0 Å². The first-order valence-corrected chi connectivity index (χ1v) is 2.75. The number of aliphatic hydroxyl groups is 1. The maximum Gasteiger partial charge on any atom is 0.0851 e. The maximum absolute atomic E-state index is 8.55. The summed E-state index contributed by atoms with van der Waals surface area (Å²) in [6.45, 7) is 5.23. The minimum atomic E-state index is 0.166. The third kappa shape index (κ3) is 5.50. The lowest BCUT2D eigenvalue weighted by Crippen LogP contribution is -2.14. The van der Waals surface area contributed by atoms with Crippen LogP contribution in [-0.2, 0) is 0 Å². The van der Waals surface area contributed by atoms with Crippen molar-refractivity contribution in [2.24, 2.45) is 5.73 Å². The molecule has 0 aliphatic heterocycles. The van der Waals surface area contributed by atoms with E-state index >= 15 is 0 Å². The Hall–Kier alpha value is -0.500. The lowest BCUT2D eigenvalue weighted by Gasteiger charge is -2.01. The molecule has 48 valence electrons. The molecule has 3 N–H and O–H groups in total. The Labute approximate surface area is 50.0 Å². The third-order valence-electron chi connectivity index (χ3n) is 0.888. The van der Waals surface area contributed by atoms with Gasteiger partial charge in [0.15, 0.2) is 0 Å². The summed E-state index contributed by atoms with van der Waals surface area (Å²) in [4.78, 5) is 0. The number of allylic oxidation sites excluding steroid dienone is 1. The van der Waals surface area contributed by atoms with Crippen molar-refractivity contribution in [1.29, 1.82) is 0 Å². The fourth-order valence-corrected chi connectivity index (χ4v) is 0.394. The number of nitrogens with two attached hydrogens (primary N) is 1. The highest BCUT2D eigenvalue weighted by atomic mass is 16.3. The molecular weight excluding hydrogens is 102 g/mol. The Morgan fingerprint density at radius 1 is 1.88 bits per heavy atom. The second kappa shape index (κ2) is 3.50. The molecule has 1 atom stereocenters. The molecule has 0 spiro atoms. The summed E-state index contributed by atoms with van der Waals surface area (Å²) in [6, 6.07) is 0.166. The van der Waals surface area contributed by atoms with Crippen LogP contribution in [0.25, 0.3) is 0 Å². The molecule has 0 bridgehead atoms. The van der Waals surface area contributed by atoms with E-state index in [9.17, 15) is 0 Å². The lowest BCUT2D eigenvalue weighted by molar-refractivity contribution is 0.381. The summed E-state index contributed by atoms with van der Waals surface area (Å²) in [5.41, 5.74) is 5.39. The van der Waals surface area contributed by atoms with E-state index in [0.29, 0.717) is 6.42 Å². The Kier molecular flexibility index (Phi) is 3.28. The first-order chi connectivity index (χ1) is 3.63. The zero-order valence-corrected chi connectivity index (χ0v) is 5.22. The summed E-state index contributed by atoms with van der Waals surface area (Å²) < 4.78 is 0. The van der Waals surface area contributed by atoms with Crippen molar-refractivity contribution >= 4 is 0 Å². The van der Waals surface area contributed by atoms with Gasteiger partial charge in [-0.25, -0.2) is 0 Å². The van der Waals surface area contributed by atoms with Crippen LogP contribution in [0.1, 0.15) is 19.8 Å². The summed E-state index contributed by atoms with van der Waals surface area (Å²) in [5, 5.41) is 8.55. The van der Waals surface area contributed by atoms with E-state index in [4.69, 9.17) is 10.8 Å². The standard InChI is InChI=1S/C6H13NO/c1-5(7)3-4-6(2)8/h5,8H,2-4,7H2,1H3. The minimum absolute atomic E-state index is 0.166. The highest BCUT2D eigenvalue weighted by Gasteiger charge is 1.93. The molecule has 1 unspecified atom stereocenters. The third-order valence-corrected chi connectivity index (χ3v) is 0.888. The average Bonchev–Trinajstić information content (AvgIpc) is 1.61. The quantitative estimate of drug-likeness (QED) is 0.542. The molecule has 2 nitrogen and oxygen atoms in total. The van der Waals surface area contributed by atoms with Crippen molar-refractivity contribution in [3.8, 4) is 0 Å². The lowest BCUT2D eigenvalue weighted by atomic mass is 10.2. The van der Waals surface area contributed by atoms with Crippen molar-refractivity contribution in [3.63, 3.8) is 0 Å². The van der Waals surface area contributed by atoms with Gasteiger partial charge in [0, 0.05) is 12.5 Å². The van der Waals surface area contributed by atoms with Gasteiger partial charge in [-0.05, 0) is 13.3 Å². The molecule has 0 amide bonds. The van der Waals surface area contributed by atoms with Gasteiger partial charge >= 0.3 is 0 Å². The Bertz CT molecular complexity index is 78.6. The van der Waals surface area contributed by atoms with Crippen molar-refractivity contribution in [3.05, 3.63) is 12.3 Å². The summed E-state index contributed by atoms with van der Waals surface area (Å²) in [5.74, 6) is 0.224. The number of aliphatic hydroxyl groups excluding tert-OH is 1. The van der Waals surface area contributed by atoms with Gasteiger partial charge in [0.05, 0.1) is 5.76 Å². The summed E-state index contributed by atoms with van der Waals surface area (Å²) >= 11 is 0. The maximum atomic E-state index is 8.55. The van der Waals surface area contributed by atoms with Gasteiger partial charge in [0.25, 0.3) is 0 Å². The SMILES string of the molecule is C=C(O)CCC(C)N. The number of hydrogen-bond acceptors (Lipinski definition) is 2. The van der Waals surface area contributed by atoms with Crippen molar-refractivity contribution < 1.29 is 5.11 Å². The summed E-state index contributed by atoms with van der Waals surface area (Å²) in [7, 11) is 0. The largest absolute Gasteiger partial charge is 0.513 e. The van der Waals surface area contributed by atoms with E-state index in [1.807, 2.05) is 6.92 Å². The van der Waals surface area contributed by atoms with Crippen LogP contribution in [0.4, 0.5) is 0 Å². The van der Waals surface area contributed by atoms with E-state index in [1.54, 1.807) is 0 Å². The molecule has 2 heteroatoms. The predicted molar refractivity (Wildman–Crippen MR) is 34.7 cm³/mol. The molecule has 0 aliphatic rings. The highest BCUT2D eigenvalue weighted by molar-refractivity contribution is 4.79. The Morgan fingerprint density at radius 2 is 2.38 bits per heavy atom. The van der Waals surface area contributed by atoms with Gasteiger partial charge in [-0.1, -0.05) is 6.58 Å². The number of rotatable bonds is 3. The van der Waals surface area contributed by atoms with Crippen LogP contribution in [-0.4, -0.2) is 11.1 Å². The second-order valence-corrected chi connectivity index (χ2v) is 2.08. The molecule has 8 heavy (non-hydrogen) atoms. The molecule has 0 fully saturated rings. The summed E-state index contributed by atoms with van der Waals surface area (Å²) in [6.07, 6.45) is 1.44. The molecule has 0 radical (unpaired) electrons. The van der Waals surface area contributed by atoms with Gasteiger partial charge in [-0.3, -0.25) is 0 Å². The van der Waals surface area contributed by atoms with Gasteiger partial charge in [-0.2, -0.15) is 0 Å². The molecule has 0 saturated heterocycles. The van der Waals surface area contributed by atoms with Crippen molar-refractivity contribution in [2.75, 3.05) is 0 Å². The van der Waals surface area contributed by atoms with Gasteiger partial charge < -0.3 is 10.8 Å². The van der Waals surface area contributed by atoms with Crippen molar-refractivity contribution in [1.82, 2.24) is 0 Å². The number of hydrogen-bond donors (Lipinski definition) is 2. The van der Waals surface area contributed by atoms with Gasteiger partial charge in [-0.15, -0.1) is 0 Å². The fraction of sp³-hybridized carbons (Fsp3) is 0.667. The van der Waals surface area contributed by atoms with E-state index in [0.717, 1.165) is 6.42 Å².